The number of rotatable bonds is 13. The van der Waals surface area contributed by atoms with Gasteiger partial charge < -0.3 is 139 Å². The van der Waals surface area contributed by atoms with Crippen LogP contribution in [0.1, 0.15) is 0 Å². The van der Waals surface area contributed by atoms with Crippen LogP contribution in [0.3, 0.4) is 0 Å². The van der Waals surface area contributed by atoms with Crippen LogP contribution >= 0.6 is 0 Å². The third kappa shape index (κ3) is 10.3. The molecule has 0 bridgehead atoms. The van der Waals surface area contributed by atoms with Gasteiger partial charge in [-0.2, -0.15) is 0 Å². The molecule has 0 radical (unpaired) electrons. The van der Waals surface area contributed by atoms with E-state index in [4.69, 9.17) is 52.1 Å². The number of aliphatic hydroxyl groups excluding tert-OH is 17. The first-order valence-electron chi connectivity index (χ1n) is 19.4. The molecule has 0 spiro atoms. The summed E-state index contributed by atoms with van der Waals surface area (Å²) in [5, 5.41) is 179. The van der Waals surface area contributed by atoms with Gasteiger partial charge in [-0.3, -0.25) is 0 Å². The first-order chi connectivity index (χ1) is 28.9. The Balaban J connectivity index is 1.31. The first kappa shape index (κ1) is 49.3. The Kier molecular flexibility index (Phi) is 17.0. The van der Waals surface area contributed by atoms with Crippen molar-refractivity contribution >= 4 is 0 Å². The molecule has 6 aliphatic heterocycles. The average Bonchev–Trinajstić information content (AvgIpc) is 3.24. The van der Waals surface area contributed by atoms with Gasteiger partial charge in [-0.05, 0) is 0 Å². The Bertz CT molecular complexity index is 1360. The number of aliphatic hydroxyl groups is 17. The number of hydrogen-bond acceptors (Lipinski definition) is 28. The molecule has 28 nitrogen and oxygen atoms in total. The molecule has 6 rings (SSSR count). The summed E-state index contributed by atoms with van der Waals surface area (Å²) in [5.74, 6) is 0. The zero-order valence-electron chi connectivity index (χ0n) is 31.9. The molecule has 6 heterocycles. The Morgan fingerprint density at radius 3 is 1.08 bits per heavy atom. The molecular weight excluding hydrogens is 844 g/mol. The Labute approximate surface area is 344 Å². The normalized spacial score (nSPS) is 53.8. The summed E-state index contributed by atoms with van der Waals surface area (Å²) in [6.07, 6.45) is -50.8. The van der Waals surface area contributed by atoms with Crippen LogP contribution in [0.25, 0.3) is 0 Å². The molecule has 1 unspecified atom stereocenters. The van der Waals surface area contributed by atoms with Crippen LogP contribution in [0.2, 0.25) is 0 Å². The molecule has 6 fully saturated rings. The highest BCUT2D eigenvalue weighted by molar-refractivity contribution is 4.99. The van der Waals surface area contributed by atoms with Gasteiger partial charge in [0.25, 0.3) is 0 Å². The van der Waals surface area contributed by atoms with Gasteiger partial charge in [0.2, 0.25) is 0 Å². The molecule has 0 amide bonds. The summed E-state index contributed by atoms with van der Waals surface area (Å²) in [6.45, 7) is -4.69. The van der Waals surface area contributed by atoms with E-state index in [-0.39, 0.29) is 0 Å². The Morgan fingerprint density at radius 2 is 0.639 bits per heavy atom. The van der Waals surface area contributed by atoms with E-state index in [0.29, 0.717) is 0 Å². The smallest absolute Gasteiger partial charge is 0.187 e. The van der Waals surface area contributed by atoms with E-state index in [1.807, 2.05) is 0 Å². The van der Waals surface area contributed by atoms with Gasteiger partial charge in [-0.25, -0.2) is 0 Å². The Hall–Kier alpha value is -1.12. The lowest BCUT2D eigenvalue weighted by molar-refractivity contribution is -0.411. The summed E-state index contributed by atoms with van der Waals surface area (Å²) in [7, 11) is 0. The molecule has 6 aliphatic rings. The minimum atomic E-state index is -2.21. The average molecular weight is 901 g/mol. The fourth-order valence-electron chi connectivity index (χ4n) is 7.61. The fourth-order valence-corrected chi connectivity index (χ4v) is 7.61. The quantitative estimate of drug-likeness (QED) is 0.0816. The molecule has 28 heteroatoms. The van der Waals surface area contributed by atoms with Crippen LogP contribution in [-0.4, -0.2) is 292 Å². The highest BCUT2D eigenvalue weighted by atomic mass is 16.8. The SMILES string of the molecule is OC[C@H]1O[C@@H](O[C@H]2C(O)O[C@H](CO)[C@@H](O)[C@@H]2O[C@@H]2O[C@H](CO)[C@@H](O)[C@H](O[C@@H]3OC[C@@H](O)[C@H](O)[C@H]3O)[C@H]2O[C@@H]2OC[C@@H](O)[C@H](O)[C@H]2O)[C@H](O)[C@@H](O[C@@H]2OC[C@@H](O)[C@H](O)[C@H]2O)[C@H]1O. The van der Waals surface area contributed by atoms with Gasteiger partial charge in [0.15, 0.2) is 37.7 Å². The van der Waals surface area contributed by atoms with E-state index in [1.54, 1.807) is 0 Å². The van der Waals surface area contributed by atoms with Crippen LogP contribution in [-0.2, 0) is 52.1 Å². The molecular formula is C33H56O28. The first-order valence-corrected chi connectivity index (χ1v) is 19.4. The van der Waals surface area contributed by atoms with Crippen molar-refractivity contribution in [3.05, 3.63) is 0 Å². The summed E-state index contributed by atoms with van der Waals surface area (Å²) in [5.41, 5.74) is 0. The standard InChI is InChI=1S/C33H56O28/c34-1-10-17(44)24(26(28(50)54-10)60-32-22(49)23(16(43)11(2-35)55-32)57-29-19(46)13(40)7(37)4-51-29)59-33-27(61-31-21(48)15(42)9(39)6-53-31)25(18(45)12(3-36)56-33)58-30-20(47)14(41)8(38)5-52-30/h7-50H,1-6H2/t7-,8-,9-,10-,11-,12-,13+,14+,15+,16+,17-,18-,19-,20-,21-,22-,23+,24+,25+,26-,27-,28?,29+,30+,31+,32+,33+/m1/s1. The summed E-state index contributed by atoms with van der Waals surface area (Å²) < 4.78 is 61.8. The van der Waals surface area contributed by atoms with Gasteiger partial charge in [0, 0.05) is 0 Å². The second kappa shape index (κ2) is 21.0. The van der Waals surface area contributed by atoms with Crippen LogP contribution in [0.4, 0.5) is 0 Å². The monoisotopic (exact) mass is 900 g/mol. The zero-order chi connectivity index (χ0) is 44.6. The molecule has 0 aromatic heterocycles. The van der Waals surface area contributed by atoms with Crippen molar-refractivity contribution in [2.75, 3.05) is 39.6 Å². The lowest BCUT2D eigenvalue weighted by Gasteiger charge is -2.50. The molecule has 0 saturated carbocycles. The van der Waals surface area contributed by atoms with E-state index in [9.17, 15) is 86.8 Å². The predicted molar refractivity (Wildman–Crippen MR) is 181 cm³/mol. The predicted octanol–water partition coefficient (Wildman–Crippen LogP) is -12.2. The summed E-state index contributed by atoms with van der Waals surface area (Å²) >= 11 is 0. The highest BCUT2D eigenvalue weighted by Gasteiger charge is 2.58. The Morgan fingerprint density at radius 1 is 0.311 bits per heavy atom. The molecule has 356 valence electrons. The van der Waals surface area contributed by atoms with Crippen molar-refractivity contribution in [2.45, 2.75) is 166 Å². The van der Waals surface area contributed by atoms with E-state index < -0.39 is 206 Å². The second-order valence-electron chi connectivity index (χ2n) is 15.4. The topological polar surface area (TPSA) is 445 Å². The van der Waals surface area contributed by atoms with Crippen molar-refractivity contribution < 1.29 is 139 Å². The molecule has 61 heavy (non-hydrogen) atoms. The van der Waals surface area contributed by atoms with Crippen LogP contribution in [0.15, 0.2) is 0 Å². The van der Waals surface area contributed by atoms with Crippen molar-refractivity contribution in [3.63, 3.8) is 0 Å². The third-order valence-corrected chi connectivity index (χ3v) is 11.3. The maximum atomic E-state index is 11.5. The summed E-state index contributed by atoms with van der Waals surface area (Å²) in [4.78, 5) is 0. The van der Waals surface area contributed by atoms with Gasteiger partial charge in [0.1, 0.15) is 128 Å². The van der Waals surface area contributed by atoms with E-state index in [1.165, 1.54) is 0 Å². The minimum Gasteiger partial charge on any atom is -0.394 e. The molecule has 6 saturated heterocycles. The van der Waals surface area contributed by atoms with Crippen molar-refractivity contribution in [3.8, 4) is 0 Å². The molecule has 0 aliphatic carbocycles. The molecule has 17 N–H and O–H groups in total. The fraction of sp³-hybridized carbons (Fsp3) is 1.00. The maximum Gasteiger partial charge on any atom is 0.187 e. The van der Waals surface area contributed by atoms with E-state index in [0.717, 1.165) is 0 Å². The molecule has 0 aromatic rings. The maximum absolute atomic E-state index is 11.5. The number of ether oxygens (including phenoxy) is 11. The van der Waals surface area contributed by atoms with Gasteiger partial charge in [0.05, 0.1) is 39.6 Å². The van der Waals surface area contributed by atoms with Crippen LogP contribution in [0, 0.1) is 0 Å². The lowest BCUT2D eigenvalue weighted by Crippen LogP contribution is -2.69. The van der Waals surface area contributed by atoms with Crippen LogP contribution in [0.5, 0.6) is 0 Å². The van der Waals surface area contributed by atoms with E-state index >= 15 is 0 Å². The molecule has 27 atom stereocenters. The van der Waals surface area contributed by atoms with E-state index in [2.05, 4.69) is 0 Å². The van der Waals surface area contributed by atoms with Gasteiger partial charge in [-0.15, -0.1) is 0 Å². The molecule has 0 aromatic carbocycles. The largest absolute Gasteiger partial charge is 0.394 e. The van der Waals surface area contributed by atoms with Crippen molar-refractivity contribution in [1.29, 1.82) is 0 Å². The van der Waals surface area contributed by atoms with Crippen molar-refractivity contribution in [2.24, 2.45) is 0 Å². The van der Waals surface area contributed by atoms with Gasteiger partial charge in [-0.1, -0.05) is 0 Å². The number of hydrogen-bond donors (Lipinski definition) is 17. The third-order valence-electron chi connectivity index (χ3n) is 11.3. The van der Waals surface area contributed by atoms with Gasteiger partial charge >= 0.3 is 0 Å². The van der Waals surface area contributed by atoms with Crippen LogP contribution < -0.4 is 0 Å². The highest BCUT2D eigenvalue weighted by Crippen LogP contribution is 2.37. The van der Waals surface area contributed by atoms with Crippen molar-refractivity contribution in [1.82, 2.24) is 0 Å². The lowest BCUT2D eigenvalue weighted by atomic mass is 9.95. The zero-order valence-corrected chi connectivity index (χ0v) is 31.9. The summed E-state index contributed by atoms with van der Waals surface area (Å²) in [6, 6.07) is 0. The second-order valence-corrected chi connectivity index (χ2v) is 15.4. The minimum absolute atomic E-state index is 0.544.